The van der Waals surface area contributed by atoms with Crippen LogP contribution in [0.4, 0.5) is 10.1 Å². The number of rotatable bonds is 6. The van der Waals surface area contributed by atoms with Gasteiger partial charge in [-0.05, 0) is 43.4 Å². The van der Waals surface area contributed by atoms with Crippen LogP contribution < -0.4 is 5.32 Å². The number of sulfonamides is 1. The van der Waals surface area contributed by atoms with Gasteiger partial charge in [0.05, 0.1) is 6.61 Å². The average Bonchev–Trinajstić information content (AvgIpc) is 3.19. The summed E-state index contributed by atoms with van der Waals surface area (Å²) in [6, 6.07) is 3.61. The molecule has 1 amide bonds. The van der Waals surface area contributed by atoms with Crippen LogP contribution in [0.5, 0.6) is 0 Å². The first kappa shape index (κ1) is 17.3. The Morgan fingerprint density at radius 3 is 2.67 bits per heavy atom. The fourth-order valence-corrected chi connectivity index (χ4v) is 4.71. The predicted octanol–water partition coefficient (Wildman–Crippen LogP) is 1.97. The summed E-state index contributed by atoms with van der Waals surface area (Å²) in [6.45, 7) is 2.85. The number of carbonyl (C=O) groups excluding carboxylic acids is 1. The Bertz CT molecular complexity index is 728. The number of carbonyl (C=O) groups is 1. The lowest BCUT2D eigenvalue weighted by molar-refractivity contribution is -0.114. The zero-order chi connectivity index (χ0) is 17.3. The minimum atomic E-state index is -3.91. The maximum atomic E-state index is 14.4. The molecule has 1 aromatic carbocycles. The minimum absolute atomic E-state index is 0.0509. The molecule has 1 aliphatic carbocycles. The van der Waals surface area contributed by atoms with Crippen LogP contribution in [-0.2, 0) is 19.6 Å². The summed E-state index contributed by atoms with van der Waals surface area (Å²) >= 11 is 0. The molecule has 2 aliphatic rings. The number of hydrogen-bond donors (Lipinski definition) is 1. The molecule has 1 N–H and O–H groups in total. The molecular formula is C16H21FN2O4S. The molecule has 0 unspecified atom stereocenters. The highest BCUT2D eigenvalue weighted by Gasteiger charge is 2.40. The molecule has 1 aliphatic heterocycles. The van der Waals surface area contributed by atoms with Gasteiger partial charge in [0.1, 0.15) is 10.7 Å². The van der Waals surface area contributed by atoms with Gasteiger partial charge in [-0.1, -0.05) is 0 Å². The molecule has 3 rings (SSSR count). The third kappa shape index (κ3) is 3.76. The summed E-state index contributed by atoms with van der Waals surface area (Å²) in [7, 11) is -3.91. The van der Waals surface area contributed by atoms with Crippen molar-refractivity contribution >= 4 is 21.6 Å². The summed E-state index contributed by atoms with van der Waals surface area (Å²) in [5, 5.41) is 2.44. The molecule has 6 nitrogen and oxygen atoms in total. The monoisotopic (exact) mass is 356 g/mol. The van der Waals surface area contributed by atoms with E-state index in [4.69, 9.17) is 4.74 Å². The largest absolute Gasteiger partial charge is 0.381 e. The lowest BCUT2D eigenvalue weighted by Gasteiger charge is -2.24. The van der Waals surface area contributed by atoms with Crippen LogP contribution >= 0.6 is 0 Å². The molecule has 0 bridgehead atoms. The van der Waals surface area contributed by atoms with E-state index >= 15 is 0 Å². The maximum absolute atomic E-state index is 14.4. The number of anilines is 1. The van der Waals surface area contributed by atoms with Gasteiger partial charge in [0, 0.05) is 31.8 Å². The van der Waals surface area contributed by atoms with Crippen molar-refractivity contribution in [2.24, 2.45) is 5.92 Å². The van der Waals surface area contributed by atoms with Gasteiger partial charge in [-0.2, -0.15) is 4.31 Å². The van der Waals surface area contributed by atoms with Crippen LogP contribution in [0.1, 0.15) is 26.2 Å². The van der Waals surface area contributed by atoms with E-state index in [0.717, 1.165) is 25.3 Å². The van der Waals surface area contributed by atoms with Gasteiger partial charge >= 0.3 is 0 Å². The molecule has 24 heavy (non-hydrogen) atoms. The van der Waals surface area contributed by atoms with Crippen molar-refractivity contribution < 1.29 is 22.3 Å². The number of ether oxygens (including phenoxy) is 1. The number of benzene rings is 1. The first-order chi connectivity index (χ1) is 11.4. The SMILES string of the molecule is CC(=O)Nc1ccc(S(=O)(=O)N(C[C@H]2CCOC2)C2CC2)c(F)c1. The van der Waals surface area contributed by atoms with Crippen molar-refractivity contribution in [3.63, 3.8) is 0 Å². The van der Waals surface area contributed by atoms with Gasteiger partial charge in [-0.15, -0.1) is 0 Å². The summed E-state index contributed by atoms with van der Waals surface area (Å²) in [4.78, 5) is 10.7. The van der Waals surface area contributed by atoms with E-state index in [0.29, 0.717) is 19.8 Å². The quantitative estimate of drug-likeness (QED) is 0.846. The van der Waals surface area contributed by atoms with Crippen LogP contribution in [-0.4, -0.2) is 44.4 Å². The fraction of sp³-hybridized carbons (Fsp3) is 0.562. The Balaban J connectivity index is 1.85. The van der Waals surface area contributed by atoms with Crippen LogP contribution in [0, 0.1) is 11.7 Å². The van der Waals surface area contributed by atoms with Crippen molar-refractivity contribution in [1.82, 2.24) is 4.31 Å². The predicted molar refractivity (Wildman–Crippen MR) is 86.5 cm³/mol. The molecule has 1 saturated heterocycles. The highest BCUT2D eigenvalue weighted by molar-refractivity contribution is 7.89. The Morgan fingerprint density at radius 2 is 2.12 bits per heavy atom. The van der Waals surface area contributed by atoms with E-state index < -0.39 is 15.8 Å². The van der Waals surface area contributed by atoms with E-state index in [9.17, 15) is 17.6 Å². The smallest absolute Gasteiger partial charge is 0.246 e. The summed E-state index contributed by atoms with van der Waals surface area (Å²) in [6.07, 6.45) is 2.43. The van der Waals surface area contributed by atoms with E-state index in [1.807, 2.05) is 0 Å². The molecule has 1 atom stereocenters. The molecular weight excluding hydrogens is 335 g/mol. The fourth-order valence-electron chi connectivity index (χ4n) is 2.91. The van der Waals surface area contributed by atoms with E-state index in [2.05, 4.69) is 5.32 Å². The Labute approximate surface area is 141 Å². The normalized spacial score (nSPS) is 21.2. The van der Waals surface area contributed by atoms with Crippen molar-refractivity contribution in [1.29, 1.82) is 0 Å². The molecule has 8 heteroatoms. The second kappa shape index (κ2) is 6.78. The van der Waals surface area contributed by atoms with E-state index in [1.165, 1.54) is 23.4 Å². The second-order valence-electron chi connectivity index (χ2n) is 6.36. The van der Waals surface area contributed by atoms with Gasteiger partial charge in [-0.25, -0.2) is 12.8 Å². The Kier molecular flexibility index (Phi) is 4.89. The van der Waals surface area contributed by atoms with E-state index in [1.54, 1.807) is 0 Å². The third-order valence-electron chi connectivity index (χ3n) is 4.26. The molecule has 1 heterocycles. The number of amides is 1. The first-order valence-electron chi connectivity index (χ1n) is 8.04. The Morgan fingerprint density at radius 1 is 1.38 bits per heavy atom. The molecule has 0 spiro atoms. The van der Waals surface area contributed by atoms with Gasteiger partial charge in [0.15, 0.2) is 0 Å². The van der Waals surface area contributed by atoms with Crippen LogP contribution in [0.15, 0.2) is 23.1 Å². The number of halogens is 1. The molecule has 132 valence electrons. The summed E-state index contributed by atoms with van der Waals surface area (Å²) < 4.78 is 46.9. The highest BCUT2D eigenvalue weighted by atomic mass is 32.2. The zero-order valence-electron chi connectivity index (χ0n) is 13.5. The molecule has 1 saturated carbocycles. The minimum Gasteiger partial charge on any atom is -0.381 e. The molecule has 0 aromatic heterocycles. The molecule has 0 radical (unpaired) electrons. The van der Waals surface area contributed by atoms with E-state index in [-0.39, 0.29) is 28.4 Å². The maximum Gasteiger partial charge on any atom is 0.246 e. The van der Waals surface area contributed by atoms with Crippen LogP contribution in [0.2, 0.25) is 0 Å². The lowest BCUT2D eigenvalue weighted by Crippen LogP contribution is -2.37. The standard InChI is InChI=1S/C16H21FN2O4S/c1-11(20)18-13-2-5-16(15(17)8-13)24(21,22)19(14-3-4-14)9-12-6-7-23-10-12/h2,5,8,12,14H,3-4,6-7,9-10H2,1H3,(H,18,20)/t12-/m1/s1. The number of nitrogens with zero attached hydrogens (tertiary/aromatic N) is 1. The molecule has 1 aromatic rings. The third-order valence-corrected chi connectivity index (χ3v) is 6.21. The highest BCUT2D eigenvalue weighted by Crippen LogP contribution is 2.34. The Hall–Kier alpha value is -1.51. The van der Waals surface area contributed by atoms with Crippen molar-refractivity contribution in [3.8, 4) is 0 Å². The van der Waals surface area contributed by atoms with Crippen LogP contribution in [0.3, 0.4) is 0 Å². The molecule has 2 fully saturated rings. The topological polar surface area (TPSA) is 75.7 Å². The summed E-state index contributed by atoms with van der Waals surface area (Å²) in [5.41, 5.74) is 0.237. The first-order valence-corrected chi connectivity index (χ1v) is 9.48. The zero-order valence-corrected chi connectivity index (χ0v) is 14.3. The van der Waals surface area contributed by atoms with Gasteiger partial charge in [0.25, 0.3) is 0 Å². The lowest BCUT2D eigenvalue weighted by atomic mass is 10.1. The van der Waals surface area contributed by atoms with Gasteiger partial charge in [0.2, 0.25) is 15.9 Å². The second-order valence-corrected chi connectivity index (χ2v) is 8.22. The van der Waals surface area contributed by atoms with Crippen molar-refractivity contribution in [2.45, 2.75) is 37.1 Å². The summed E-state index contributed by atoms with van der Waals surface area (Å²) in [5.74, 6) is -1.04. The van der Waals surface area contributed by atoms with Crippen molar-refractivity contribution in [3.05, 3.63) is 24.0 Å². The van der Waals surface area contributed by atoms with Crippen LogP contribution in [0.25, 0.3) is 0 Å². The van der Waals surface area contributed by atoms with Crippen molar-refractivity contribution in [2.75, 3.05) is 25.1 Å². The van der Waals surface area contributed by atoms with Gasteiger partial charge in [-0.3, -0.25) is 4.79 Å². The number of nitrogens with one attached hydrogen (secondary N) is 1. The van der Waals surface area contributed by atoms with Gasteiger partial charge < -0.3 is 10.1 Å². The number of hydrogen-bond acceptors (Lipinski definition) is 4. The average molecular weight is 356 g/mol.